The molecule has 8 heavy (non-hydrogen) atoms. The van der Waals surface area contributed by atoms with Gasteiger partial charge in [0.15, 0.2) is 0 Å². The minimum atomic E-state index is 0. The molecular weight excluding hydrogens is 91.0 g/mol. The molecule has 0 atom stereocenters. The van der Waals surface area contributed by atoms with Crippen LogP contribution in [-0.2, 0) is 0 Å². The zero-order valence-electron chi connectivity index (χ0n) is 6.41. The third kappa shape index (κ3) is 9.78. The van der Waals surface area contributed by atoms with Crippen LogP contribution in [0, 0.1) is 12.8 Å². The Morgan fingerprint density at radius 3 is 2.00 bits per heavy atom. The maximum atomic E-state index is 3.76. The van der Waals surface area contributed by atoms with Crippen molar-refractivity contribution in [3.8, 4) is 0 Å². The Bertz CT molecular complexity index is 33.4. The third-order valence-corrected chi connectivity index (χ3v) is 1.03. The van der Waals surface area contributed by atoms with Gasteiger partial charge in [-0.2, -0.15) is 6.42 Å². The van der Waals surface area contributed by atoms with Gasteiger partial charge in [0.1, 0.15) is 0 Å². The van der Waals surface area contributed by atoms with E-state index in [-0.39, 0.29) is 18.9 Å². The third-order valence-electron chi connectivity index (χ3n) is 1.03. The van der Waals surface area contributed by atoms with E-state index in [0.29, 0.717) is 0 Å². The molecule has 0 saturated heterocycles. The molecule has 0 amide bonds. The van der Waals surface area contributed by atoms with Crippen LogP contribution in [0.15, 0.2) is 0 Å². The molecule has 0 unspecified atom stereocenters. The van der Waals surface area contributed by atoms with Crippen LogP contribution in [0.3, 0.4) is 0 Å². The SMILES string of the molecule is [CH2-]CCCC(C)C.[Li+]. The largest absolute Gasteiger partial charge is 1.00 e. The minimum Gasteiger partial charge on any atom is -0.343 e. The van der Waals surface area contributed by atoms with Crippen LogP contribution in [0.5, 0.6) is 0 Å². The molecule has 0 rings (SSSR count). The first kappa shape index (κ1) is 11.4. The van der Waals surface area contributed by atoms with Crippen molar-refractivity contribution in [1.82, 2.24) is 0 Å². The summed E-state index contributed by atoms with van der Waals surface area (Å²) in [5.74, 6) is 0.863. The fraction of sp³-hybridized carbons (Fsp3) is 0.857. The van der Waals surface area contributed by atoms with E-state index in [1.54, 1.807) is 0 Å². The molecule has 0 saturated carbocycles. The van der Waals surface area contributed by atoms with Crippen molar-refractivity contribution in [2.24, 2.45) is 5.92 Å². The Labute approximate surface area is 65.2 Å². The van der Waals surface area contributed by atoms with Gasteiger partial charge >= 0.3 is 18.9 Å². The number of unbranched alkanes of at least 4 members (excludes halogenated alkanes) is 1. The van der Waals surface area contributed by atoms with E-state index in [2.05, 4.69) is 20.8 Å². The van der Waals surface area contributed by atoms with Crippen LogP contribution in [0.2, 0.25) is 0 Å². The van der Waals surface area contributed by atoms with Crippen LogP contribution in [0.25, 0.3) is 0 Å². The van der Waals surface area contributed by atoms with Gasteiger partial charge in [0.2, 0.25) is 0 Å². The van der Waals surface area contributed by atoms with Crippen LogP contribution in [0.4, 0.5) is 0 Å². The molecule has 1 heteroatoms. The molecule has 0 aliphatic rings. The van der Waals surface area contributed by atoms with Crippen LogP contribution < -0.4 is 18.9 Å². The molecular formula is C7H15Li. The summed E-state index contributed by atoms with van der Waals surface area (Å²) in [6, 6.07) is 0. The van der Waals surface area contributed by atoms with Crippen molar-refractivity contribution in [2.45, 2.75) is 33.1 Å². The summed E-state index contributed by atoms with van der Waals surface area (Å²) in [4.78, 5) is 0. The molecule has 0 radical (unpaired) electrons. The van der Waals surface area contributed by atoms with E-state index >= 15 is 0 Å². The maximum Gasteiger partial charge on any atom is 1.00 e. The summed E-state index contributed by atoms with van der Waals surface area (Å²) in [5, 5.41) is 0. The second-order valence-corrected chi connectivity index (χ2v) is 2.39. The van der Waals surface area contributed by atoms with Crippen molar-refractivity contribution >= 4 is 0 Å². The number of hydrogen-bond donors (Lipinski definition) is 0. The summed E-state index contributed by atoms with van der Waals surface area (Å²) in [5.41, 5.74) is 0. The summed E-state index contributed by atoms with van der Waals surface area (Å²) in [6.45, 7) is 8.25. The second-order valence-electron chi connectivity index (χ2n) is 2.39. The molecule has 0 N–H and O–H groups in total. The number of rotatable bonds is 3. The second kappa shape index (κ2) is 7.60. The Hall–Kier alpha value is 0.597. The smallest absolute Gasteiger partial charge is 0.343 e. The van der Waals surface area contributed by atoms with Gasteiger partial charge < -0.3 is 6.92 Å². The van der Waals surface area contributed by atoms with Gasteiger partial charge in [0.25, 0.3) is 0 Å². The standard InChI is InChI=1S/C7H15.Li/c1-4-5-6-7(2)3;/h7H,1,4-6H2,2-3H3;/q-1;+1. The fourth-order valence-corrected chi connectivity index (χ4v) is 0.553. The first-order chi connectivity index (χ1) is 3.27. The van der Waals surface area contributed by atoms with Crippen molar-refractivity contribution < 1.29 is 18.9 Å². The van der Waals surface area contributed by atoms with Gasteiger partial charge in [-0.05, 0) is 5.92 Å². The Kier molecular flexibility index (Phi) is 10.8. The molecule has 0 spiro atoms. The summed E-state index contributed by atoms with van der Waals surface area (Å²) in [7, 11) is 0. The monoisotopic (exact) mass is 106 g/mol. The van der Waals surface area contributed by atoms with E-state index in [1.807, 2.05) is 0 Å². The summed E-state index contributed by atoms with van der Waals surface area (Å²) < 4.78 is 0. The summed E-state index contributed by atoms with van der Waals surface area (Å²) in [6.07, 6.45) is 3.72. The van der Waals surface area contributed by atoms with Gasteiger partial charge in [0.05, 0.1) is 0 Å². The molecule has 0 aliphatic carbocycles. The molecule has 0 aliphatic heterocycles. The molecule has 0 fully saturated rings. The van der Waals surface area contributed by atoms with Crippen LogP contribution in [-0.4, -0.2) is 0 Å². The molecule has 0 aromatic rings. The van der Waals surface area contributed by atoms with Crippen LogP contribution in [0.1, 0.15) is 33.1 Å². The van der Waals surface area contributed by atoms with Crippen molar-refractivity contribution in [2.75, 3.05) is 0 Å². The quantitative estimate of drug-likeness (QED) is 0.341. The van der Waals surface area contributed by atoms with E-state index in [9.17, 15) is 0 Å². The van der Waals surface area contributed by atoms with E-state index < -0.39 is 0 Å². The van der Waals surface area contributed by atoms with Gasteiger partial charge in [-0.15, -0.1) is 0 Å². The molecule has 0 aromatic heterocycles. The van der Waals surface area contributed by atoms with Crippen molar-refractivity contribution in [3.05, 3.63) is 6.92 Å². The average Bonchev–Trinajstić information content (AvgIpc) is 1.61. The molecule has 0 heterocycles. The average molecular weight is 106 g/mol. The van der Waals surface area contributed by atoms with Gasteiger partial charge in [-0.25, -0.2) is 0 Å². The molecule has 0 nitrogen and oxygen atoms in total. The van der Waals surface area contributed by atoms with E-state index in [4.69, 9.17) is 0 Å². The van der Waals surface area contributed by atoms with Gasteiger partial charge in [-0.3, -0.25) is 0 Å². The maximum absolute atomic E-state index is 3.76. The van der Waals surface area contributed by atoms with Gasteiger partial charge in [-0.1, -0.05) is 26.7 Å². The van der Waals surface area contributed by atoms with Crippen molar-refractivity contribution in [3.63, 3.8) is 0 Å². The Balaban J connectivity index is 0. The molecule has 0 aromatic carbocycles. The first-order valence-electron chi connectivity index (χ1n) is 3.06. The van der Waals surface area contributed by atoms with Crippen LogP contribution >= 0.6 is 0 Å². The minimum absolute atomic E-state index is 0. The molecule has 0 bridgehead atoms. The normalized spacial score (nSPS) is 9.00. The first-order valence-corrected chi connectivity index (χ1v) is 3.06. The Morgan fingerprint density at radius 2 is 1.88 bits per heavy atom. The zero-order valence-corrected chi connectivity index (χ0v) is 6.41. The van der Waals surface area contributed by atoms with Crippen molar-refractivity contribution in [1.29, 1.82) is 0 Å². The molecule has 44 valence electrons. The van der Waals surface area contributed by atoms with E-state index in [0.717, 1.165) is 12.3 Å². The Morgan fingerprint density at radius 1 is 1.38 bits per heavy atom. The number of hydrogen-bond acceptors (Lipinski definition) is 0. The predicted octanol–water partition coefficient (Wildman–Crippen LogP) is -0.349. The predicted molar refractivity (Wildman–Crippen MR) is 34.0 cm³/mol. The summed E-state index contributed by atoms with van der Waals surface area (Å²) >= 11 is 0. The fourth-order valence-electron chi connectivity index (χ4n) is 0.553. The topological polar surface area (TPSA) is 0 Å². The van der Waals surface area contributed by atoms with E-state index in [1.165, 1.54) is 12.8 Å². The zero-order chi connectivity index (χ0) is 5.70. The van der Waals surface area contributed by atoms with Gasteiger partial charge in [0, 0.05) is 0 Å².